The Morgan fingerprint density at radius 1 is 1.28 bits per heavy atom. The summed E-state index contributed by atoms with van der Waals surface area (Å²) in [6.45, 7) is 0.587. The van der Waals surface area contributed by atoms with Gasteiger partial charge in [-0.25, -0.2) is 0 Å². The third kappa shape index (κ3) is 4.80. The lowest BCUT2D eigenvalue weighted by molar-refractivity contribution is 0.102. The SMILES string of the molecule is N#CCCn1cc(C(=O)CSc2nnc(NC3CCCCC3)s2)c2ccccc21. The molecule has 0 spiro atoms. The zero-order valence-electron chi connectivity index (χ0n) is 16.1. The van der Waals surface area contributed by atoms with Gasteiger partial charge in [-0.2, -0.15) is 5.26 Å². The highest BCUT2D eigenvalue weighted by atomic mass is 32.2. The molecule has 0 amide bonds. The van der Waals surface area contributed by atoms with Gasteiger partial charge < -0.3 is 9.88 Å². The van der Waals surface area contributed by atoms with E-state index in [2.05, 4.69) is 21.6 Å². The van der Waals surface area contributed by atoms with Crippen molar-refractivity contribution in [3.05, 3.63) is 36.0 Å². The molecular formula is C21H23N5OS2. The van der Waals surface area contributed by atoms with Crippen molar-refractivity contribution in [1.82, 2.24) is 14.8 Å². The summed E-state index contributed by atoms with van der Waals surface area (Å²) in [5, 5.41) is 22.6. The Morgan fingerprint density at radius 2 is 2.10 bits per heavy atom. The minimum Gasteiger partial charge on any atom is -0.357 e. The van der Waals surface area contributed by atoms with Crippen molar-refractivity contribution in [3.63, 3.8) is 0 Å². The number of aryl methyl sites for hydroxylation is 1. The molecule has 1 aliphatic rings. The maximum Gasteiger partial charge on any atom is 0.206 e. The fourth-order valence-electron chi connectivity index (χ4n) is 3.78. The quantitative estimate of drug-likeness (QED) is 0.398. The first kappa shape index (κ1) is 19.9. The van der Waals surface area contributed by atoms with Gasteiger partial charge in [-0.1, -0.05) is 60.6 Å². The molecule has 1 fully saturated rings. The Morgan fingerprint density at radius 3 is 2.93 bits per heavy atom. The van der Waals surface area contributed by atoms with Gasteiger partial charge in [0, 0.05) is 35.2 Å². The van der Waals surface area contributed by atoms with E-state index in [0.717, 1.165) is 20.4 Å². The second-order valence-electron chi connectivity index (χ2n) is 7.23. The molecule has 3 aromatic rings. The van der Waals surface area contributed by atoms with Crippen LogP contribution in [0, 0.1) is 11.3 Å². The van der Waals surface area contributed by atoms with Crippen LogP contribution >= 0.6 is 23.1 Å². The fourth-order valence-corrected chi connectivity index (χ4v) is 5.49. The number of anilines is 1. The summed E-state index contributed by atoms with van der Waals surface area (Å²) in [7, 11) is 0. The van der Waals surface area contributed by atoms with Gasteiger partial charge in [-0.3, -0.25) is 4.79 Å². The average Bonchev–Trinajstić information content (AvgIpc) is 3.36. The van der Waals surface area contributed by atoms with E-state index in [-0.39, 0.29) is 5.78 Å². The summed E-state index contributed by atoms with van der Waals surface area (Å²) in [6, 6.07) is 10.5. The Balaban J connectivity index is 1.40. The zero-order valence-corrected chi connectivity index (χ0v) is 17.8. The monoisotopic (exact) mass is 425 g/mol. The van der Waals surface area contributed by atoms with Crippen LogP contribution in [0.4, 0.5) is 5.13 Å². The maximum atomic E-state index is 12.9. The van der Waals surface area contributed by atoms with Gasteiger partial charge in [0.15, 0.2) is 10.1 Å². The number of carbonyl (C=O) groups excluding carboxylic acids is 1. The smallest absolute Gasteiger partial charge is 0.206 e. The number of thioether (sulfide) groups is 1. The van der Waals surface area contributed by atoms with E-state index >= 15 is 0 Å². The number of aromatic nitrogens is 3. The molecule has 2 heterocycles. The Bertz CT molecular complexity index is 1030. The number of para-hydroxylation sites is 1. The van der Waals surface area contributed by atoms with Gasteiger partial charge in [-0.05, 0) is 18.9 Å². The number of nitrogens with zero attached hydrogens (tertiary/aromatic N) is 4. The molecule has 0 bridgehead atoms. The molecule has 6 nitrogen and oxygen atoms in total. The van der Waals surface area contributed by atoms with Crippen molar-refractivity contribution in [1.29, 1.82) is 5.26 Å². The predicted octanol–water partition coefficient (Wildman–Crippen LogP) is 5.13. The van der Waals surface area contributed by atoms with Gasteiger partial charge in [0.05, 0.1) is 18.2 Å². The number of nitriles is 1. The Labute approximate surface area is 178 Å². The minimum absolute atomic E-state index is 0.0684. The summed E-state index contributed by atoms with van der Waals surface area (Å²) in [5.41, 5.74) is 1.70. The number of fused-ring (bicyclic) bond motifs is 1. The molecule has 1 N–H and O–H groups in total. The number of ketones is 1. The first-order valence-corrected chi connectivity index (χ1v) is 11.8. The fraction of sp³-hybridized carbons (Fsp3) is 0.429. The molecule has 8 heteroatoms. The number of nitrogens with one attached hydrogen (secondary N) is 1. The number of benzene rings is 1. The molecule has 4 rings (SSSR count). The first-order chi connectivity index (χ1) is 14.2. The molecule has 1 saturated carbocycles. The van der Waals surface area contributed by atoms with Crippen LogP contribution in [0.5, 0.6) is 0 Å². The number of carbonyl (C=O) groups is 1. The lowest BCUT2D eigenvalue weighted by atomic mass is 9.96. The molecule has 0 atom stereocenters. The van der Waals surface area contributed by atoms with Crippen LogP contribution in [-0.2, 0) is 6.54 Å². The van der Waals surface area contributed by atoms with Gasteiger partial charge in [-0.15, -0.1) is 10.2 Å². The van der Waals surface area contributed by atoms with Gasteiger partial charge in [0.25, 0.3) is 0 Å². The van der Waals surface area contributed by atoms with Crippen molar-refractivity contribution in [2.75, 3.05) is 11.1 Å². The van der Waals surface area contributed by atoms with Crippen LogP contribution in [0.1, 0.15) is 48.9 Å². The van der Waals surface area contributed by atoms with Crippen LogP contribution in [-0.4, -0.2) is 32.3 Å². The number of Topliss-reactive ketones (excluding diaryl/α,β-unsaturated/α-hetero) is 1. The Kier molecular flexibility index (Phi) is 6.47. The summed E-state index contributed by atoms with van der Waals surface area (Å²) in [6.07, 6.45) is 8.55. The molecule has 0 aliphatic heterocycles. The molecule has 29 heavy (non-hydrogen) atoms. The van der Waals surface area contributed by atoms with Crippen LogP contribution in [0.3, 0.4) is 0 Å². The first-order valence-electron chi connectivity index (χ1n) is 9.95. The van der Waals surface area contributed by atoms with Crippen molar-refractivity contribution >= 4 is 44.9 Å². The predicted molar refractivity (Wildman–Crippen MR) is 118 cm³/mol. The average molecular weight is 426 g/mol. The molecule has 1 aromatic carbocycles. The maximum absolute atomic E-state index is 12.9. The standard InChI is InChI=1S/C21H23N5OS2/c22-11-6-12-26-13-17(16-9-4-5-10-18(16)26)19(27)14-28-21-25-24-20(29-21)23-15-7-2-1-3-8-15/h4-5,9-10,13,15H,1-3,6-8,12,14H2,(H,23,24). The third-order valence-corrected chi connectivity index (χ3v) is 7.21. The lowest BCUT2D eigenvalue weighted by Gasteiger charge is -2.21. The van der Waals surface area contributed by atoms with Crippen LogP contribution in [0.2, 0.25) is 0 Å². The van der Waals surface area contributed by atoms with Gasteiger partial charge >= 0.3 is 0 Å². The van der Waals surface area contributed by atoms with Crippen molar-refractivity contribution in [2.24, 2.45) is 0 Å². The summed E-state index contributed by atoms with van der Waals surface area (Å²) in [4.78, 5) is 12.9. The van der Waals surface area contributed by atoms with E-state index in [1.807, 2.05) is 35.0 Å². The van der Waals surface area contributed by atoms with Crippen molar-refractivity contribution < 1.29 is 4.79 Å². The Hall–Kier alpha value is -2.37. The van der Waals surface area contributed by atoms with E-state index in [9.17, 15) is 4.79 Å². The van der Waals surface area contributed by atoms with Gasteiger partial charge in [0.1, 0.15) is 0 Å². The van der Waals surface area contributed by atoms with Crippen LogP contribution in [0.25, 0.3) is 10.9 Å². The molecule has 0 saturated heterocycles. The lowest BCUT2D eigenvalue weighted by Crippen LogP contribution is -2.21. The molecular weight excluding hydrogens is 402 g/mol. The molecule has 150 valence electrons. The van der Waals surface area contributed by atoms with E-state index in [1.165, 1.54) is 55.2 Å². The second kappa shape index (κ2) is 9.42. The molecule has 2 aromatic heterocycles. The van der Waals surface area contributed by atoms with Crippen molar-refractivity contribution in [3.8, 4) is 6.07 Å². The number of rotatable bonds is 8. The summed E-state index contributed by atoms with van der Waals surface area (Å²) >= 11 is 2.96. The van der Waals surface area contributed by atoms with E-state index in [1.54, 1.807) is 0 Å². The largest absolute Gasteiger partial charge is 0.357 e. The molecule has 0 unspecified atom stereocenters. The highest BCUT2D eigenvalue weighted by molar-refractivity contribution is 8.01. The van der Waals surface area contributed by atoms with Crippen LogP contribution < -0.4 is 5.32 Å². The number of hydrogen-bond acceptors (Lipinski definition) is 7. The molecule has 0 radical (unpaired) electrons. The van der Waals surface area contributed by atoms with Crippen LogP contribution in [0.15, 0.2) is 34.8 Å². The van der Waals surface area contributed by atoms with E-state index < -0.39 is 0 Å². The normalized spacial score (nSPS) is 14.7. The van der Waals surface area contributed by atoms with Gasteiger partial charge in [0.2, 0.25) is 5.13 Å². The summed E-state index contributed by atoms with van der Waals surface area (Å²) < 4.78 is 2.80. The van der Waals surface area contributed by atoms with E-state index in [4.69, 9.17) is 5.26 Å². The number of hydrogen-bond donors (Lipinski definition) is 1. The van der Waals surface area contributed by atoms with E-state index in [0.29, 0.717) is 30.3 Å². The van der Waals surface area contributed by atoms with Crippen molar-refractivity contribution in [2.45, 2.75) is 55.5 Å². The molecule has 1 aliphatic carbocycles. The highest BCUT2D eigenvalue weighted by Gasteiger charge is 2.18. The zero-order chi connectivity index (χ0) is 20.1. The minimum atomic E-state index is 0.0684. The second-order valence-corrected chi connectivity index (χ2v) is 9.43. The topological polar surface area (TPSA) is 83.6 Å². The summed E-state index contributed by atoms with van der Waals surface area (Å²) in [5.74, 6) is 0.392. The third-order valence-electron chi connectivity index (χ3n) is 5.22. The highest BCUT2D eigenvalue weighted by Crippen LogP contribution is 2.30.